The molecule has 0 saturated carbocycles. The van der Waals surface area contributed by atoms with E-state index in [2.05, 4.69) is 40.3 Å². The van der Waals surface area contributed by atoms with Gasteiger partial charge >= 0.3 is 0 Å². The van der Waals surface area contributed by atoms with Crippen LogP contribution in [-0.2, 0) is 6.61 Å². The van der Waals surface area contributed by atoms with E-state index in [0.717, 1.165) is 21.5 Å². The van der Waals surface area contributed by atoms with E-state index >= 15 is 0 Å². The van der Waals surface area contributed by atoms with Crippen molar-refractivity contribution in [2.75, 3.05) is 14.2 Å². The normalized spacial score (nSPS) is 12.0. The van der Waals surface area contributed by atoms with Crippen LogP contribution < -0.4 is 14.8 Å². The Kier molecular flexibility index (Phi) is 5.65. The molecule has 0 fully saturated rings. The third kappa shape index (κ3) is 4.22. The van der Waals surface area contributed by atoms with Crippen molar-refractivity contribution in [2.45, 2.75) is 19.6 Å². The van der Waals surface area contributed by atoms with Gasteiger partial charge in [-0.2, -0.15) is 0 Å². The molecule has 112 valence electrons. The summed E-state index contributed by atoms with van der Waals surface area (Å²) in [5.41, 5.74) is 2.26. The molecule has 0 aliphatic rings. The van der Waals surface area contributed by atoms with E-state index in [-0.39, 0.29) is 0 Å². The van der Waals surface area contributed by atoms with Gasteiger partial charge in [-0.25, -0.2) is 0 Å². The topological polar surface area (TPSA) is 30.5 Å². The highest BCUT2D eigenvalue weighted by atomic mass is 79.9. The lowest BCUT2D eigenvalue weighted by atomic mass is 10.1. The maximum Gasteiger partial charge on any atom is 0.120 e. The zero-order chi connectivity index (χ0) is 15.2. The number of nitrogens with one attached hydrogen (secondary N) is 1. The third-order valence-corrected chi connectivity index (χ3v) is 4.21. The van der Waals surface area contributed by atoms with Crippen molar-refractivity contribution in [3.05, 3.63) is 58.1 Å². The molecule has 2 aromatic rings. The Bertz CT molecular complexity index is 601. The molecule has 1 N–H and O–H groups in total. The van der Waals surface area contributed by atoms with E-state index in [0.29, 0.717) is 12.6 Å². The van der Waals surface area contributed by atoms with E-state index < -0.39 is 0 Å². The second-order valence-corrected chi connectivity index (χ2v) is 5.68. The zero-order valence-electron chi connectivity index (χ0n) is 12.5. The Balaban J connectivity index is 2.09. The monoisotopic (exact) mass is 349 g/mol. The largest absolute Gasteiger partial charge is 0.497 e. The lowest BCUT2D eigenvalue weighted by Crippen LogP contribution is -2.12. The predicted molar refractivity (Wildman–Crippen MR) is 88.9 cm³/mol. The highest BCUT2D eigenvalue weighted by Crippen LogP contribution is 2.25. The summed E-state index contributed by atoms with van der Waals surface area (Å²) in [7, 11) is 3.61. The van der Waals surface area contributed by atoms with Gasteiger partial charge in [-0.1, -0.05) is 28.1 Å². The van der Waals surface area contributed by atoms with Crippen molar-refractivity contribution in [3.8, 4) is 11.5 Å². The fourth-order valence-corrected chi connectivity index (χ4v) is 2.35. The minimum absolute atomic E-state index is 0.303. The molecule has 2 aromatic carbocycles. The summed E-state index contributed by atoms with van der Waals surface area (Å²) in [5.74, 6) is 1.69. The van der Waals surface area contributed by atoms with Crippen LogP contribution in [0.2, 0.25) is 0 Å². The Morgan fingerprint density at radius 2 is 1.95 bits per heavy atom. The maximum absolute atomic E-state index is 5.89. The van der Waals surface area contributed by atoms with Crippen molar-refractivity contribution in [1.82, 2.24) is 5.32 Å². The molecule has 0 amide bonds. The van der Waals surface area contributed by atoms with Gasteiger partial charge in [0.05, 0.1) is 7.11 Å². The molecule has 4 heteroatoms. The number of hydrogen-bond donors (Lipinski definition) is 1. The van der Waals surface area contributed by atoms with Crippen LogP contribution in [0.15, 0.2) is 46.9 Å². The molecule has 0 radical (unpaired) electrons. The Morgan fingerprint density at radius 1 is 1.14 bits per heavy atom. The van der Waals surface area contributed by atoms with Crippen LogP contribution in [-0.4, -0.2) is 14.2 Å². The van der Waals surface area contributed by atoms with Crippen LogP contribution in [0, 0.1) is 0 Å². The minimum Gasteiger partial charge on any atom is -0.497 e. The van der Waals surface area contributed by atoms with Gasteiger partial charge in [-0.15, -0.1) is 0 Å². The number of halogens is 1. The molecule has 1 unspecified atom stereocenters. The molecule has 0 aliphatic heterocycles. The number of rotatable bonds is 6. The van der Waals surface area contributed by atoms with Gasteiger partial charge in [0.1, 0.15) is 18.1 Å². The van der Waals surface area contributed by atoms with Crippen molar-refractivity contribution in [2.24, 2.45) is 0 Å². The lowest BCUT2D eigenvalue weighted by molar-refractivity contribution is 0.304. The molecule has 0 heterocycles. The SMILES string of the molecule is CNC(C)c1cccc(OCc2cc(OC)ccc2Br)c1. The smallest absolute Gasteiger partial charge is 0.120 e. The molecule has 1 atom stereocenters. The summed E-state index contributed by atoms with van der Waals surface area (Å²) < 4.78 is 12.2. The summed E-state index contributed by atoms with van der Waals surface area (Å²) in [5, 5.41) is 3.23. The molecule has 2 rings (SSSR count). The standard InChI is InChI=1S/C17H20BrNO2/c1-12(19-2)13-5-4-6-16(9-13)21-11-14-10-15(20-3)7-8-17(14)18/h4-10,12,19H,11H2,1-3H3. The molecule has 0 bridgehead atoms. The van der Waals surface area contributed by atoms with E-state index in [1.54, 1.807) is 7.11 Å². The highest BCUT2D eigenvalue weighted by molar-refractivity contribution is 9.10. The van der Waals surface area contributed by atoms with Crippen molar-refractivity contribution in [1.29, 1.82) is 0 Å². The second-order valence-electron chi connectivity index (χ2n) is 4.83. The van der Waals surface area contributed by atoms with Gasteiger partial charge in [-0.05, 0) is 49.9 Å². The molecule has 21 heavy (non-hydrogen) atoms. The Morgan fingerprint density at radius 3 is 2.67 bits per heavy atom. The predicted octanol–water partition coefficient (Wildman–Crippen LogP) is 4.32. The number of hydrogen-bond acceptors (Lipinski definition) is 3. The number of methoxy groups -OCH3 is 1. The second kappa shape index (κ2) is 7.48. The van der Waals surface area contributed by atoms with Gasteiger partial charge in [0.15, 0.2) is 0 Å². The van der Waals surface area contributed by atoms with E-state index in [4.69, 9.17) is 9.47 Å². The first kappa shape index (κ1) is 15.9. The van der Waals surface area contributed by atoms with Gasteiger partial charge in [0.25, 0.3) is 0 Å². The molecule has 0 aliphatic carbocycles. The van der Waals surface area contributed by atoms with Crippen LogP contribution in [0.3, 0.4) is 0 Å². The molecular weight excluding hydrogens is 330 g/mol. The van der Waals surface area contributed by atoms with Crippen molar-refractivity contribution in [3.63, 3.8) is 0 Å². The first-order valence-corrected chi connectivity index (χ1v) is 7.65. The fourth-order valence-electron chi connectivity index (χ4n) is 1.99. The molecule has 0 saturated heterocycles. The summed E-state index contributed by atoms with van der Waals surface area (Å²) in [6.45, 7) is 2.62. The zero-order valence-corrected chi connectivity index (χ0v) is 14.1. The Labute approximate surface area is 134 Å². The quantitative estimate of drug-likeness (QED) is 0.842. The lowest BCUT2D eigenvalue weighted by Gasteiger charge is -2.13. The maximum atomic E-state index is 5.89. The van der Waals surface area contributed by atoms with Gasteiger partial charge in [0, 0.05) is 16.1 Å². The molecule has 0 aromatic heterocycles. The number of benzene rings is 2. The fraction of sp³-hybridized carbons (Fsp3) is 0.294. The summed E-state index contributed by atoms with van der Waals surface area (Å²) in [4.78, 5) is 0. The van der Waals surface area contributed by atoms with Crippen LogP contribution in [0.5, 0.6) is 11.5 Å². The summed E-state index contributed by atoms with van der Waals surface area (Å²) in [6.07, 6.45) is 0. The summed E-state index contributed by atoms with van der Waals surface area (Å²) in [6, 6.07) is 14.3. The van der Waals surface area contributed by atoms with Crippen LogP contribution >= 0.6 is 15.9 Å². The average molecular weight is 350 g/mol. The van der Waals surface area contributed by atoms with E-state index in [1.165, 1.54) is 5.56 Å². The van der Waals surface area contributed by atoms with Gasteiger partial charge in [0.2, 0.25) is 0 Å². The van der Waals surface area contributed by atoms with E-state index in [9.17, 15) is 0 Å². The Hall–Kier alpha value is -1.52. The van der Waals surface area contributed by atoms with Gasteiger partial charge < -0.3 is 14.8 Å². The van der Waals surface area contributed by atoms with Crippen LogP contribution in [0.1, 0.15) is 24.1 Å². The number of ether oxygens (including phenoxy) is 2. The first-order valence-electron chi connectivity index (χ1n) is 6.86. The van der Waals surface area contributed by atoms with E-state index in [1.807, 2.05) is 37.4 Å². The highest BCUT2D eigenvalue weighted by Gasteiger charge is 2.06. The molecule has 0 spiro atoms. The summed E-state index contributed by atoms with van der Waals surface area (Å²) >= 11 is 3.54. The molecular formula is C17H20BrNO2. The van der Waals surface area contributed by atoms with Crippen LogP contribution in [0.4, 0.5) is 0 Å². The van der Waals surface area contributed by atoms with Crippen molar-refractivity contribution >= 4 is 15.9 Å². The van der Waals surface area contributed by atoms with Crippen LogP contribution in [0.25, 0.3) is 0 Å². The third-order valence-electron chi connectivity index (χ3n) is 3.44. The van der Waals surface area contributed by atoms with Gasteiger partial charge in [-0.3, -0.25) is 0 Å². The van der Waals surface area contributed by atoms with Crippen molar-refractivity contribution < 1.29 is 9.47 Å². The minimum atomic E-state index is 0.303. The average Bonchev–Trinajstić information content (AvgIpc) is 2.53. The first-order chi connectivity index (χ1) is 10.1. The molecule has 3 nitrogen and oxygen atoms in total.